The van der Waals surface area contributed by atoms with Crippen LogP contribution in [0.15, 0.2) is 182 Å². The summed E-state index contributed by atoms with van der Waals surface area (Å²) in [6, 6.07) is 64.5. The molecule has 282 valence electrons. The average molecular weight is 780 g/mol. The first-order valence-electron chi connectivity index (χ1n) is 20.8. The van der Waals surface area contributed by atoms with E-state index in [0.29, 0.717) is 0 Å². The van der Waals surface area contributed by atoms with E-state index in [1.165, 1.54) is 0 Å². The van der Waals surface area contributed by atoms with Crippen molar-refractivity contribution in [2.45, 2.75) is 0 Å². The number of para-hydroxylation sites is 6. The van der Waals surface area contributed by atoms with Crippen molar-refractivity contribution in [3.8, 4) is 51.6 Å². The van der Waals surface area contributed by atoms with Crippen molar-refractivity contribution in [1.29, 1.82) is 0 Å². The molecule has 3 aliphatic rings. The fraction of sp³-hybridized carbons (Fsp3) is 0. The van der Waals surface area contributed by atoms with Gasteiger partial charge < -0.3 is 27.9 Å². The predicted molar refractivity (Wildman–Crippen MR) is 247 cm³/mol. The maximum Gasteiger partial charge on any atom is 0.270 e. The van der Waals surface area contributed by atoms with Gasteiger partial charge in [-0.1, -0.05) is 109 Å². The van der Waals surface area contributed by atoms with E-state index in [1.54, 1.807) is 0 Å². The zero-order valence-electron chi connectivity index (χ0n) is 32.5. The van der Waals surface area contributed by atoms with Crippen LogP contribution in [0.25, 0.3) is 82.5 Å². The lowest BCUT2D eigenvalue weighted by atomic mass is 9.33. The van der Waals surface area contributed by atoms with Gasteiger partial charge in [0.15, 0.2) is 0 Å². The van der Waals surface area contributed by atoms with Crippen molar-refractivity contribution in [2.24, 2.45) is 0 Å². The molecule has 0 spiro atoms. The number of benzene rings is 9. The van der Waals surface area contributed by atoms with Crippen LogP contribution < -0.4 is 30.6 Å². The Hall–Kier alpha value is -8.16. The number of fused-ring (bicyclic) bond motifs is 12. The highest BCUT2D eigenvalue weighted by atomic mass is 16.5. The van der Waals surface area contributed by atoms with Crippen LogP contribution in [-0.2, 0) is 0 Å². The van der Waals surface area contributed by atoms with Gasteiger partial charge in [-0.05, 0) is 54.6 Å². The lowest BCUT2D eigenvalue weighted by Crippen LogP contribution is -2.59. The maximum atomic E-state index is 7.44. The monoisotopic (exact) mass is 779 g/mol. The van der Waals surface area contributed by atoms with Crippen LogP contribution in [0.1, 0.15) is 0 Å². The molecule has 61 heavy (non-hydrogen) atoms. The van der Waals surface area contributed by atoms with Crippen LogP contribution in [0.4, 0.5) is 0 Å². The SMILES string of the molecule is c1ccc(-n2c3ccccc3c3c4c5c(cc32)Oc2c3c(cc6c2c2ccccc2n6-c2ccccc2)Oc2c(c(cc6c2c2ccccc2n6-c2ccccc2)O4)B53)cc1. The standard InChI is InChI=1S/C54H30BN3O3/c1-4-16-31(17-5-1)56-37-25-13-10-22-34(37)46-40(56)28-43-49-52(46)60-44-29-41-48(36-24-12-15-27-39(36)57(41)32-18-6-2-7-19-32)54-50(44)55(49)51-45(61-54)30-42-47(53(51)59-43)35-23-11-14-26-38(35)58(42)33-20-8-3-9-21-33/h1-30H. The highest BCUT2D eigenvalue weighted by Crippen LogP contribution is 2.53. The molecule has 9 aromatic carbocycles. The van der Waals surface area contributed by atoms with Crippen molar-refractivity contribution in [2.75, 3.05) is 0 Å². The number of hydrogen-bond donors (Lipinski definition) is 0. The fourth-order valence-corrected chi connectivity index (χ4v) is 11.0. The summed E-state index contributed by atoms with van der Waals surface area (Å²) in [5.41, 5.74) is 12.7. The topological polar surface area (TPSA) is 42.5 Å². The minimum atomic E-state index is -0.217. The summed E-state index contributed by atoms with van der Waals surface area (Å²) in [6.07, 6.45) is 0. The van der Waals surface area contributed by atoms with Gasteiger partial charge in [0.05, 0.1) is 49.3 Å². The molecule has 0 amide bonds. The molecular weight excluding hydrogens is 749 g/mol. The first-order chi connectivity index (χ1) is 30.3. The van der Waals surface area contributed by atoms with Crippen LogP contribution in [0.5, 0.6) is 34.5 Å². The van der Waals surface area contributed by atoms with Gasteiger partial charge in [-0.25, -0.2) is 0 Å². The van der Waals surface area contributed by atoms with Crippen molar-refractivity contribution in [1.82, 2.24) is 13.7 Å². The zero-order valence-corrected chi connectivity index (χ0v) is 32.5. The van der Waals surface area contributed by atoms with E-state index >= 15 is 0 Å². The molecule has 0 saturated carbocycles. The van der Waals surface area contributed by atoms with Gasteiger partial charge >= 0.3 is 0 Å². The summed E-state index contributed by atoms with van der Waals surface area (Å²) in [7, 11) is 0. The van der Waals surface area contributed by atoms with Crippen LogP contribution in [0.2, 0.25) is 0 Å². The molecule has 0 saturated heterocycles. The highest BCUT2D eigenvalue weighted by Gasteiger charge is 2.49. The van der Waals surface area contributed by atoms with Crippen molar-refractivity contribution < 1.29 is 14.2 Å². The van der Waals surface area contributed by atoms with Gasteiger partial charge in [-0.2, -0.15) is 0 Å². The Morgan fingerprint density at radius 1 is 0.295 bits per heavy atom. The molecule has 6 nitrogen and oxygen atoms in total. The summed E-state index contributed by atoms with van der Waals surface area (Å²) in [4.78, 5) is 0. The van der Waals surface area contributed by atoms with Gasteiger partial charge in [0.25, 0.3) is 6.71 Å². The first-order valence-corrected chi connectivity index (χ1v) is 20.8. The normalized spacial score (nSPS) is 13.3. The number of rotatable bonds is 3. The van der Waals surface area contributed by atoms with Crippen LogP contribution in [0, 0.1) is 0 Å². The Morgan fingerprint density at radius 2 is 0.574 bits per heavy atom. The van der Waals surface area contributed by atoms with E-state index in [9.17, 15) is 0 Å². The minimum Gasteiger partial charge on any atom is -0.457 e. The van der Waals surface area contributed by atoms with Crippen LogP contribution >= 0.6 is 0 Å². The van der Waals surface area contributed by atoms with E-state index in [2.05, 4.69) is 196 Å². The minimum absolute atomic E-state index is 0.217. The summed E-state index contributed by atoms with van der Waals surface area (Å²) >= 11 is 0. The molecule has 15 rings (SSSR count). The smallest absolute Gasteiger partial charge is 0.270 e. The Bertz CT molecular complexity index is 3500. The number of ether oxygens (including phenoxy) is 3. The fourth-order valence-electron chi connectivity index (χ4n) is 11.0. The summed E-state index contributed by atoms with van der Waals surface area (Å²) < 4.78 is 29.4. The third-order valence-corrected chi connectivity index (χ3v) is 13.3. The Morgan fingerprint density at radius 3 is 0.885 bits per heavy atom. The second-order valence-electron chi connectivity index (χ2n) is 16.3. The van der Waals surface area contributed by atoms with Crippen molar-refractivity contribution >= 4 is 88.5 Å². The largest absolute Gasteiger partial charge is 0.457 e. The molecule has 0 atom stereocenters. The summed E-state index contributed by atoms with van der Waals surface area (Å²) in [6.45, 7) is -0.217. The van der Waals surface area contributed by atoms with Gasteiger partial charge in [0.1, 0.15) is 34.5 Å². The molecule has 6 heterocycles. The second-order valence-corrected chi connectivity index (χ2v) is 16.3. The highest BCUT2D eigenvalue weighted by molar-refractivity contribution is 7.00. The average Bonchev–Trinajstić information content (AvgIpc) is 3.95. The summed E-state index contributed by atoms with van der Waals surface area (Å²) in [5, 5.41) is 6.58. The Labute approximate surface area is 348 Å². The van der Waals surface area contributed by atoms with Gasteiger partial charge in [-0.15, -0.1) is 0 Å². The van der Waals surface area contributed by atoms with E-state index in [4.69, 9.17) is 14.2 Å². The predicted octanol–water partition coefficient (Wildman–Crippen LogP) is 11.8. The molecule has 12 aromatic rings. The molecule has 0 bridgehead atoms. The third-order valence-electron chi connectivity index (χ3n) is 13.3. The van der Waals surface area contributed by atoms with Gasteiger partial charge in [0.2, 0.25) is 0 Å². The Kier molecular flexibility index (Phi) is 5.90. The number of hydrogen-bond acceptors (Lipinski definition) is 3. The maximum absolute atomic E-state index is 7.44. The van der Waals surface area contributed by atoms with Crippen LogP contribution in [-0.4, -0.2) is 20.4 Å². The molecule has 0 unspecified atom stereocenters. The molecule has 3 aromatic heterocycles. The van der Waals surface area contributed by atoms with Gasteiger partial charge in [-0.3, -0.25) is 0 Å². The van der Waals surface area contributed by atoms with Crippen molar-refractivity contribution in [3.05, 3.63) is 182 Å². The quantitative estimate of drug-likeness (QED) is 0.168. The molecule has 7 heteroatoms. The van der Waals surface area contributed by atoms with E-state index in [0.717, 1.165) is 133 Å². The molecule has 3 aliphatic heterocycles. The summed E-state index contributed by atoms with van der Waals surface area (Å²) in [5.74, 6) is 4.86. The van der Waals surface area contributed by atoms with Crippen molar-refractivity contribution in [3.63, 3.8) is 0 Å². The third kappa shape index (κ3) is 3.94. The molecule has 0 N–H and O–H groups in total. The second kappa shape index (κ2) is 11.3. The molecule has 0 radical (unpaired) electrons. The Balaban J connectivity index is 1.14. The zero-order chi connectivity index (χ0) is 39.5. The molecule has 0 aliphatic carbocycles. The lowest BCUT2D eigenvalue weighted by molar-refractivity contribution is 0.451. The lowest BCUT2D eigenvalue weighted by Gasteiger charge is -2.38. The first kappa shape index (κ1) is 31.8. The van der Waals surface area contributed by atoms with E-state index in [-0.39, 0.29) is 6.71 Å². The van der Waals surface area contributed by atoms with Gasteiger partial charge in [0, 0.05) is 67.8 Å². The number of aromatic nitrogens is 3. The van der Waals surface area contributed by atoms with Crippen LogP contribution in [0.3, 0.4) is 0 Å². The van der Waals surface area contributed by atoms with E-state index < -0.39 is 0 Å². The number of nitrogens with zero attached hydrogens (tertiary/aromatic N) is 3. The molecular formula is C54H30BN3O3. The molecule has 0 fully saturated rings. The van der Waals surface area contributed by atoms with E-state index in [1.807, 2.05) is 0 Å².